The fraction of sp³-hybridized carbons (Fsp3) is 0.500. The van der Waals surface area contributed by atoms with E-state index in [0.29, 0.717) is 29.6 Å². The fourth-order valence-electron chi connectivity index (χ4n) is 3.71. The topological polar surface area (TPSA) is 47.4 Å². The minimum Gasteiger partial charge on any atom is -0.372 e. The first-order valence-electron chi connectivity index (χ1n) is 9.23. The molecule has 1 aliphatic carbocycles. The zero-order valence-electron chi connectivity index (χ0n) is 15.4. The number of rotatable bonds is 3. The number of hydrogen-bond donors (Lipinski definition) is 0. The molecule has 5 nitrogen and oxygen atoms in total. The fourth-order valence-corrected chi connectivity index (χ4v) is 3.88. The summed E-state index contributed by atoms with van der Waals surface area (Å²) in [6.07, 6.45) is 4.02. The van der Waals surface area contributed by atoms with E-state index in [4.69, 9.17) is 16.3 Å². The number of aromatic nitrogens is 2. The van der Waals surface area contributed by atoms with Crippen molar-refractivity contribution in [1.82, 2.24) is 14.7 Å². The van der Waals surface area contributed by atoms with Crippen LogP contribution in [0.3, 0.4) is 0 Å². The highest BCUT2D eigenvalue weighted by atomic mass is 35.5. The van der Waals surface area contributed by atoms with E-state index < -0.39 is 0 Å². The van der Waals surface area contributed by atoms with Crippen molar-refractivity contribution in [3.05, 3.63) is 46.2 Å². The summed E-state index contributed by atoms with van der Waals surface area (Å²) < 4.78 is 7.65. The lowest BCUT2D eigenvalue weighted by Gasteiger charge is -2.35. The molecule has 0 spiro atoms. The maximum atomic E-state index is 13.2. The van der Waals surface area contributed by atoms with Crippen LogP contribution in [-0.4, -0.2) is 45.9 Å². The molecule has 1 saturated heterocycles. The van der Waals surface area contributed by atoms with Gasteiger partial charge in [-0.05, 0) is 51.3 Å². The zero-order valence-corrected chi connectivity index (χ0v) is 16.2. The number of amides is 1. The van der Waals surface area contributed by atoms with Crippen LogP contribution in [0, 0.1) is 6.92 Å². The molecule has 0 unspecified atom stereocenters. The minimum atomic E-state index is 0.0537. The van der Waals surface area contributed by atoms with Gasteiger partial charge >= 0.3 is 0 Å². The zero-order chi connectivity index (χ0) is 18.4. The smallest absolute Gasteiger partial charge is 0.257 e. The molecule has 0 N–H and O–H groups in total. The van der Waals surface area contributed by atoms with E-state index in [0.717, 1.165) is 29.8 Å². The number of hydrogen-bond acceptors (Lipinski definition) is 3. The maximum Gasteiger partial charge on any atom is 0.257 e. The summed E-state index contributed by atoms with van der Waals surface area (Å²) in [5.74, 6) is 0.450. The summed E-state index contributed by atoms with van der Waals surface area (Å²) in [7, 11) is 0. The van der Waals surface area contributed by atoms with Crippen molar-refractivity contribution in [3.8, 4) is 5.69 Å². The van der Waals surface area contributed by atoms with Gasteiger partial charge in [-0.2, -0.15) is 5.10 Å². The lowest BCUT2D eigenvalue weighted by atomic mass is 10.1. The van der Waals surface area contributed by atoms with Gasteiger partial charge in [0, 0.05) is 24.0 Å². The summed E-state index contributed by atoms with van der Waals surface area (Å²) in [4.78, 5) is 15.1. The van der Waals surface area contributed by atoms with Crippen LogP contribution < -0.4 is 0 Å². The van der Waals surface area contributed by atoms with Gasteiger partial charge in [-0.15, -0.1) is 0 Å². The summed E-state index contributed by atoms with van der Waals surface area (Å²) in [6, 6.07) is 5.92. The van der Waals surface area contributed by atoms with Gasteiger partial charge in [0.1, 0.15) is 0 Å². The molecule has 138 valence electrons. The molecule has 26 heavy (non-hydrogen) atoms. The third kappa shape index (κ3) is 3.26. The van der Waals surface area contributed by atoms with Crippen LogP contribution >= 0.6 is 11.6 Å². The quantitative estimate of drug-likeness (QED) is 0.818. The minimum absolute atomic E-state index is 0.0537. The predicted molar refractivity (Wildman–Crippen MR) is 101 cm³/mol. The first-order valence-corrected chi connectivity index (χ1v) is 9.61. The lowest BCUT2D eigenvalue weighted by molar-refractivity contribution is -0.0586. The van der Waals surface area contributed by atoms with E-state index in [1.54, 1.807) is 6.20 Å². The van der Waals surface area contributed by atoms with Crippen LogP contribution in [-0.2, 0) is 4.74 Å². The molecule has 1 aromatic carbocycles. The van der Waals surface area contributed by atoms with Crippen LogP contribution in [0.1, 0.15) is 54.2 Å². The Hall–Kier alpha value is -1.85. The molecular weight excluding hydrogens is 350 g/mol. The maximum absolute atomic E-state index is 13.2. The second-order valence-corrected chi connectivity index (χ2v) is 7.94. The Labute approximate surface area is 158 Å². The van der Waals surface area contributed by atoms with Gasteiger partial charge < -0.3 is 9.64 Å². The van der Waals surface area contributed by atoms with E-state index in [1.165, 1.54) is 0 Å². The largest absolute Gasteiger partial charge is 0.372 e. The standard InChI is InChI=1S/C20H24ClN3O2/c1-12-4-7-16(8-18(12)21)24-19(15-5-6-15)17(9-22-24)20(25)23-10-13(2)26-14(3)11-23/h4,7-9,13-15H,5-6,10-11H2,1-3H3/t13-,14-/m0/s1. The van der Waals surface area contributed by atoms with E-state index in [9.17, 15) is 4.79 Å². The van der Waals surface area contributed by atoms with Gasteiger partial charge in [0.05, 0.1) is 35.3 Å². The highest BCUT2D eigenvalue weighted by Gasteiger charge is 2.35. The van der Waals surface area contributed by atoms with Crippen LogP contribution in [0.25, 0.3) is 5.69 Å². The van der Waals surface area contributed by atoms with Crippen molar-refractivity contribution in [3.63, 3.8) is 0 Å². The van der Waals surface area contributed by atoms with E-state index in [1.807, 2.05) is 48.6 Å². The monoisotopic (exact) mass is 373 g/mol. The summed E-state index contributed by atoms with van der Waals surface area (Å²) in [6.45, 7) is 7.24. The number of morpholine rings is 1. The molecule has 2 atom stereocenters. The molecule has 1 aliphatic heterocycles. The highest BCUT2D eigenvalue weighted by molar-refractivity contribution is 6.31. The molecule has 2 aromatic rings. The Balaban J connectivity index is 1.70. The van der Waals surface area contributed by atoms with Crippen LogP contribution in [0.15, 0.2) is 24.4 Å². The van der Waals surface area contributed by atoms with Crippen molar-refractivity contribution in [2.45, 2.75) is 51.7 Å². The molecule has 2 aliphatic rings. The second kappa shape index (κ2) is 6.71. The third-order valence-electron chi connectivity index (χ3n) is 5.11. The molecule has 1 aromatic heterocycles. The number of nitrogens with zero attached hydrogens (tertiary/aromatic N) is 3. The molecule has 2 heterocycles. The molecule has 4 rings (SSSR count). The molecule has 1 saturated carbocycles. The normalized spacial score (nSPS) is 23.3. The lowest BCUT2D eigenvalue weighted by Crippen LogP contribution is -2.48. The third-order valence-corrected chi connectivity index (χ3v) is 5.51. The molecule has 2 fully saturated rings. The van der Waals surface area contributed by atoms with Crippen molar-refractivity contribution in [2.75, 3.05) is 13.1 Å². The summed E-state index contributed by atoms with van der Waals surface area (Å²) in [5.41, 5.74) is 3.67. The van der Waals surface area contributed by atoms with Crippen molar-refractivity contribution < 1.29 is 9.53 Å². The predicted octanol–water partition coefficient (Wildman–Crippen LogP) is 3.96. The second-order valence-electron chi connectivity index (χ2n) is 7.53. The first kappa shape index (κ1) is 17.6. The SMILES string of the molecule is Cc1ccc(-n2ncc(C(=O)N3C[C@H](C)O[C@@H](C)C3)c2C2CC2)cc1Cl. The van der Waals surface area contributed by atoms with Gasteiger partial charge in [0.25, 0.3) is 5.91 Å². The molecule has 1 amide bonds. The Kier molecular flexibility index (Phi) is 4.53. The number of ether oxygens (including phenoxy) is 1. The number of benzene rings is 1. The van der Waals surface area contributed by atoms with Crippen molar-refractivity contribution in [2.24, 2.45) is 0 Å². The number of carbonyl (C=O) groups excluding carboxylic acids is 1. The molecule has 0 radical (unpaired) electrons. The van der Waals surface area contributed by atoms with Gasteiger partial charge in [0.15, 0.2) is 0 Å². The van der Waals surface area contributed by atoms with Crippen molar-refractivity contribution >= 4 is 17.5 Å². The van der Waals surface area contributed by atoms with Gasteiger partial charge in [0.2, 0.25) is 0 Å². The number of halogens is 1. The molecule has 6 heteroatoms. The van der Waals surface area contributed by atoms with E-state index in [-0.39, 0.29) is 18.1 Å². The molecular formula is C20H24ClN3O2. The van der Waals surface area contributed by atoms with E-state index in [2.05, 4.69) is 5.10 Å². The number of aryl methyl sites for hydroxylation is 1. The Morgan fingerprint density at radius 3 is 2.54 bits per heavy atom. The Bertz CT molecular complexity index is 834. The van der Waals surface area contributed by atoms with Crippen LogP contribution in [0.4, 0.5) is 0 Å². The van der Waals surface area contributed by atoms with Gasteiger partial charge in [-0.3, -0.25) is 4.79 Å². The summed E-state index contributed by atoms with van der Waals surface area (Å²) in [5, 5.41) is 5.26. The van der Waals surface area contributed by atoms with Crippen molar-refractivity contribution in [1.29, 1.82) is 0 Å². The average Bonchev–Trinajstić information content (AvgIpc) is 3.34. The van der Waals surface area contributed by atoms with Gasteiger partial charge in [-0.1, -0.05) is 17.7 Å². The molecule has 0 bridgehead atoms. The van der Waals surface area contributed by atoms with Gasteiger partial charge in [-0.25, -0.2) is 4.68 Å². The first-order chi connectivity index (χ1) is 12.4. The van der Waals surface area contributed by atoms with E-state index >= 15 is 0 Å². The Morgan fingerprint density at radius 1 is 1.23 bits per heavy atom. The Morgan fingerprint density at radius 2 is 1.92 bits per heavy atom. The van der Waals surface area contributed by atoms with Crippen LogP contribution in [0.5, 0.6) is 0 Å². The average molecular weight is 374 g/mol. The summed E-state index contributed by atoms with van der Waals surface area (Å²) >= 11 is 6.30. The highest BCUT2D eigenvalue weighted by Crippen LogP contribution is 2.43. The van der Waals surface area contributed by atoms with Crippen LogP contribution in [0.2, 0.25) is 5.02 Å². The number of carbonyl (C=O) groups is 1.